The van der Waals surface area contributed by atoms with E-state index in [0.29, 0.717) is 22.6 Å². The van der Waals surface area contributed by atoms with E-state index in [2.05, 4.69) is 10.3 Å². The number of pyridine rings is 1. The van der Waals surface area contributed by atoms with E-state index in [1.807, 2.05) is 0 Å². The largest absolute Gasteiger partial charge is 0.373 e. The minimum absolute atomic E-state index is 0.0852. The van der Waals surface area contributed by atoms with Crippen LogP contribution in [0.25, 0.3) is 11.3 Å². The van der Waals surface area contributed by atoms with E-state index in [9.17, 15) is 14.5 Å². The summed E-state index contributed by atoms with van der Waals surface area (Å²) in [5.74, 6) is 0.00433. The van der Waals surface area contributed by atoms with Crippen LogP contribution >= 0.6 is 0 Å². The second-order valence-corrected chi connectivity index (χ2v) is 4.02. The molecular weight excluding hydrogens is 249 g/mol. The molecule has 2 rings (SSSR count). The lowest BCUT2D eigenvalue weighted by atomic mass is 10.0. The number of aromatic nitrogens is 1. The SMILES string of the molecule is CNc1cc([N+](=O)[O-])cc(-c2cccc(F)c2C)n1. The molecule has 1 heterocycles. The number of hydrogen-bond acceptors (Lipinski definition) is 4. The number of anilines is 1. The first-order valence-electron chi connectivity index (χ1n) is 5.62. The molecule has 2 aromatic rings. The zero-order valence-corrected chi connectivity index (χ0v) is 10.5. The van der Waals surface area contributed by atoms with Crippen LogP contribution < -0.4 is 5.32 Å². The highest BCUT2D eigenvalue weighted by Gasteiger charge is 2.14. The number of halogens is 1. The zero-order valence-electron chi connectivity index (χ0n) is 10.5. The third-order valence-electron chi connectivity index (χ3n) is 2.82. The van der Waals surface area contributed by atoms with Crippen LogP contribution in [0, 0.1) is 22.9 Å². The Morgan fingerprint density at radius 2 is 2.11 bits per heavy atom. The predicted octanol–water partition coefficient (Wildman–Crippen LogP) is 3.15. The van der Waals surface area contributed by atoms with Gasteiger partial charge in [0.1, 0.15) is 11.6 Å². The summed E-state index contributed by atoms with van der Waals surface area (Å²) in [6.45, 7) is 1.62. The molecule has 0 bridgehead atoms. The third kappa shape index (κ3) is 2.52. The summed E-state index contributed by atoms with van der Waals surface area (Å²) in [4.78, 5) is 14.6. The highest BCUT2D eigenvalue weighted by Crippen LogP contribution is 2.28. The van der Waals surface area contributed by atoms with Gasteiger partial charge in [0.25, 0.3) is 5.69 Å². The first-order chi connectivity index (χ1) is 9.02. The van der Waals surface area contributed by atoms with Gasteiger partial charge >= 0.3 is 0 Å². The lowest BCUT2D eigenvalue weighted by Crippen LogP contribution is -1.98. The van der Waals surface area contributed by atoms with E-state index in [4.69, 9.17) is 0 Å². The molecule has 0 unspecified atom stereocenters. The van der Waals surface area contributed by atoms with E-state index < -0.39 is 4.92 Å². The average Bonchev–Trinajstić information content (AvgIpc) is 2.41. The highest BCUT2D eigenvalue weighted by atomic mass is 19.1. The molecule has 0 radical (unpaired) electrons. The van der Waals surface area contributed by atoms with Crippen LogP contribution in [0.5, 0.6) is 0 Å². The Bertz CT molecular complexity index is 644. The van der Waals surface area contributed by atoms with Crippen LogP contribution in [-0.4, -0.2) is 17.0 Å². The van der Waals surface area contributed by atoms with E-state index in [1.165, 1.54) is 18.2 Å². The van der Waals surface area contributed by atoms with Crippen LogP contribution in [0.1, 0.15) is 5.56 Å². The molecule has 6 heteroatoms. The summed E-state index contributed by atoms with van der Waals surface area (Å²) in [6, 6.07) is 7.25. The second-order valence-electron chi connectivity index (χ2n) is 4.02. The summed E-state index contributed by atoms with van der Waals surface area (Å²) < 4.78 is 13.5. The Kier molecular flexibility index (Phi) is 3.41. The van der Waals surface area contributed by atoms with E-state index in [1.54, 1.807) is 26.1 Å². The molecule has 98 valence electrons. The van der Waals surface area contributed by atoms with Gasteiger partial charge in [-0.2, -0.15) is 0 Å². The Morgan fingerprint density at radius 3 is 2.74 bits per heavy atom. The molecule has 1 aromatic carbocycles. The number of nitro groups is 1. The van der Waals surface area contributed by atoms with Crippen LogP contribution in [-0.2, 0) is 0 Å². The van der Waals surface area contributed by atoms with Crippen molar-refractivity contribution in [2.24, 2.45) is 0 Å². The summed E-state index contributed by atoms with van der Waals surface area (Å²) in [6.07, 6.45) is 0. The molecule has 0 fully saturated rings. The van der Waals surface area contributed by atoms with Gasteiger partial charge < -0.3 is 5.32 Å². The van der Waals surface area contributed by atoms with Crippen molar-refractivity contribution in [3.05, 3.63) is 51.8 Å². The average molecular weight is 261 g/mol. The Hall–Kier alpha value is -2.50. The Labute approximate surface area is 109 Å². The quantitative estimate of drug-likeness (QED) is 0.680. The van der Waals surface area contributed by atoms with Crippen LogP contribution in [0.2, 0.25) is 0 Å². The standard InChI is InChI=1S/C13H12FN3O2/c1-8-10(4-3-5-11(8)14)12-6-9(17(18)19)7-13(15-2)16-12/h3-7H,1-2H3,(H,15,16). The maximum absolute atomic E-state index is 13.5. The van der Waals surface area contributed by atoms with Gasteiger partial charge in [0.2, 0.25) is 0 Å². The van der Waals surface area contributed by atoms with Gasteiger partial charge in [-0.1, -0.05) is 12.1 Å². The van der Waals surface area contributed by atoms with Crippen molar-refractivity contribution < 1.29 is 9.31 Å². The molecule has 1 aromatic heterocycles. The number of benzene rings is 1. The fourth-order valence-electron chi connectivity index (χ4n) is 1.77. The van der Waals surface area contributed by atoms with Crippen molar-refractivity contribution in [1.29, 1.82) is 0 Å². The van der Waals surface area contributed by atoms with Gasteiger partial charge in [0.05, 0.1) is 16.7 Å². The van der Waals surface area contributed by atoms with Gasteiger partial charge in [0.15, 0.2) is 0 Å². The van der Waals surface area contributed by atoms with Gasteiger partial charge in [-0.3, -0.25) is 10.1 Å². The molecule has 0 aliphatic heterocycles. The fourth-order valence-corrected chi connectivity index (χ4v) is 1.77. The minimum atomic E-state index is -0.499. The molecule has 0 aliphatic rings. The maximum Gasteiger partial charge on any atom is 0.275 e. The van der Waals surface area contributed by atoms with Crippen molar-refractivity contribution in [1.82, 2.24) is 4.98 Å². The van der Waals surface area contributed by atoms with E-state index in [-0.39, 0.29) is 11.5 Å². The fraction of sp³-hybridized carbons (Fsp3) is 0.154. The van der Waals surface area contributed by atoms with Gasteiger partial charge in [-0.05, 0) is 18.6 Å². The molecule has 1 N–H and O–H groups in total. The predicted molar refractivity (Wildman–Crippen MR) is 70.6 cm³/mol. The van der Waals surface area contributed by atoms with E-state index >= 15 is 0 Å². The third-order valence-corrected chi connectivity index (χ3v) is 2.82. The summed E-state index contributed by atoms with van der Waals surface area (Å²) >= 11 is 0. The lowest BCUT2D eigenvalue weighted by molar-refractivity contribution is -0.384. The lowest BCUT2D eigenvalue weighted by Gasteiger charge is -2.08. The number of rotatable bonds is 3. The molecule has 19 heavy (non-hydrogen) atoms. The minimum Gasteiger partial charge on any atom is -0.373 e. The van der Waals surface area contributed by atoms with E-state index in [0.717, 1.165) is 0 Å². The molecular formula is C13H12FN3O2. The van der Waals surface area contributed by atoms with Gasteiger partial charge in [-0.15, -0.1) is 0 Å². The molecule has 0 aliphatic carbocycles. The molecule has 0 spiro atoms. The molecule has 0 atom stereocenters. The number of hydrogen-bond donors (Lipinski definition) is 1. The topological polar surface area (TPSA) is 68.1 Å². The summed E-state index contributed by atoms with van der Waals surface area (Å²) in [7, 11) is 1.62. The second kappa shape index (κ2) is 5.01. The first kappa shape index (κ1) is 12.9. The molecule has 0 saturated carbocycles. The zero-order chi connectivity index (χ0) is 14.0. The highest BCUT2D eigenvalue weighted by molar-refractivity contribution is 5.68. The Balaban J connectivity index is 2.64. The van der Waals surface area contributed by atoms with Crippen molar-refractivity contribution in [3.63, 3.8) is 0 Å². The van der Waals surface area contributed by atoms with Crippen molar-refractivity contribution in [2.45, 2.75) is 6.92 Å². The summed E-state index contributed by atoms with van der Waals surface area (Å²) in [5.41, 5.74) is 1.24. The van der Waals surface area contributed by atoms with Crippen molar-refractivity contribution in [2.75, 3.05) is 12.4 Å². The normalized spacial score (nSPS) is 10.3. The smallest absolute Gasteiger partial charge is 0.275 e. The maximum atomic E-state index is 13.5. The van der Waals surface area contributed by atoms with Crippen LogP contribution in [0.15, 0.2) is 30.3 Å². The van der Waals surface area contributed by atoms with Crippen LogP contribution in [0.4, 0.5) is 15.9 Å². The Morgan fingerprint density at radius 1 is 1.37 bits per heavy atom. The molecule has 0 amide bonds. The first-order valence-corrected chi connectivity index (χ1v) is 5.62. The number of nitrogens with zero attached hydrogens (tertiary/aromatic N) is 2. The van der Waals surface area contributed by atoms with Crippen molar-refractivity contribution in [3.8, 4) is 11.3 Å². The van der Waals surface area contributed by atoms with Crippen molar-refractivity contribution >= 4 is 11.5 Å². The molecule has 5 nitrogen and oxygen atoms in total. The van der Waals surface area contributed by atoms with Gasteiger partial charge in [-0.25, -0.2) is 9.37 Å². The summed E-state index contributed by atoms with van der Waals surface area (Å²) in [5, 5.41) is 13.6. The monoisotopic (exact) mass is 261 g/mol. The number of nitrogens with one attached hydrogen (secondary N) is 1. The molecule has 0 saturated heterocycles. The van der Waals surface area contributed by atoms with Crippen LogP contribution in [0.3, 0.4) is 0 Å². The van der Waals surface area contributed by atoms with Gasteiger partial charge in [0, 0.05) is 18.7 Å².